The third-order valence-electron chi connectivity index (χ3n) is 4.38. The number of hydrogen-bond donors (Lipinski definition) is 1. The van der Waals surface area contributed by atoms with Gasteiger partial charge in [0.05, 0.1) is 11.7 Å². The van der Waals surface area contributed by atoms with E-state index in [4.69, 9.17) is 9.47 Å². The number of cyclic esters (lactones) is 1. The summed E-state index contributed by atoms with van der Waals surface area (Å²) in [5, 5.41) is 10.3. The fourth-order valence-corrected chi connectivity index (χ4v) is 2.46. The molecule has 1 rings (SSSR count). The summed E-state index contributed by atoms with van der Waals surface area (Å²) in [7, 11) is 1.66. The van der Waals surface area contributed by atoms with Crippen LogP contribution in [-0.2, 0) is 14.3 Å². The summed E-state index contributed by atoms with van der Waals surface area (Å²) < 4.78 is 10.9. The van der Waals surface area contributed by atoms with Gasteiger partial charge in [0.1, 0.15) is 6.10 Å². The summed E-state index contributed by atoms with van der Waals surface area (Å²) >= 11 is 0. The smallest absolute Gasteiger partial charge is 0.306 e. The minimum Gasteiger partial charge on any atom is -0.462 e. The molecule has 1 heterocycles. The van der Waals surface area contributed by atoms with Crippen molar-refractivity contribution in [2.75, 3.05) is 7.11 Å². The molecule has 0 aromatic heterocycles. The number of hydrogen-bond acceptors (Lipinski definition) is 4. The monoisotopic (exact) mass is 310 g/mol. The molecule has 1 aliphatic rings. The predicted octanol–water partition coefficient (Wildman–Crippen LogP) is 3.40. The number of esters is 1. The first-order chi connectivity index (χ1) is 10.2. The van der Waals surface area contributed by atoms with E-state index >= 15 is 0 Å². The molecule has 4 nitrogen and oxygen atoms in total. The minimum atomic E-state index is -1.05. The molecule has 0 bridgehead atoms. The van der Waals surface area contributed by atoms with E-state index in [0.29, 0.717) is 12.3 Å². The van der Waals surface area contributed by atoms with Gasteiger partial charge < -0.3 is 14.6 Å². The van der Waals surface area contributed by atoms with Gasteiger partial charge in [-0.2, -0.15) is 0 Å². The van der Waals surface area contributed by atoms with Gasteiger partial charge in [-0.25, -0.2) is 0 Å². The van der Waals surface area contributed by atoms with E-state index in [1.807, 2.05) is 19.9 Å². The van der Waals surface area contributed by atoms with Crippen LogP contribution in [0.1, 0.15) is 53.4 Å². The number of aliphatic hydroxyl groups is 1. The number of carbonyl (C=O) groups is 1. The number of ether oxygens (including phenoxy) is 2. The Bertz CT molecular complexity index is 423. The van der Waals surface area contributed by atoms with Crippen molar-refractivity contribution in [2.24, 2.45) is 5.92 Å². The lowest BCUT2D eigenvalue weighted by Gasteiger charge is -2.23. The van der Waals surface area contributed by atoms with E-state index < -0.39 is 5.60 Å². The second-order valence-electron chi connectivity index (χ2n) is 6.57. The molecular formula is C18H30O4. The van der Waals surface area contributed by atoms with Crippen molar-refractivity contribution in [2.45, 2.75) is 71.2 Å². The van der Waals surface area contributed by atoms with E-state index in [0.717, 1.165) is 18.4 Å². The van der Waals surface area contributed by atoms with Gasteiger partial charge in [-0.1, -0.05) is 25.2 Å². The quantitative estimate of drug-likeness (QED) is 0.596. The fourth-order valence-electron chi connectivity index (χ4n) is 2.46. The first kappa shape index (κ1) is 18.9. The van der Waals surface area contributed by atoms with E-state index in [2.05, 4.69) is 13.0 Å². The molecule has 0 spiro atoms. The Morgan fingerprint density at radius 1 is 1.41 bits per heavy atom. The van der Waals surface area contributed by atoms with Gasteiger partial charge in [-0.05, 0) is 51.5 Å². The van der Waals surface area contributed by atoms with E-state index in [9.17, 15) is 9.90 Å². The second-order valence-corrected chi connectivity index (χ2v) is 6.57. The molecule has 0 fully saturated rings. The van der Waals surface area contributed by atoms with Crippen LogP contribution in [0.5, 0.6) is 0 Å². The molecule has 4 unspecified atom stereocenters. The lowest BCUT2D eigenvalue weighted by atomic mass is 9.95. The van der Waals surface area contributed by atoms with E-state index in [-0.39, 0.29) is 24.6 Å². The van der Waals surface area contributed by atoms with Crippen molar-refractivity contribution in [3.63, 3.8) is 0 Å². The summed E-state index contributed by atoms with van der Waals surface area (Å²) in [6.45, 7) is 7.76. The molecule has 4 heteroatoms. The van der Waals surface area contributed by atoms with Crippen LogP contribution in [0, 0.1) is 5.92 Å². The molecule has 0 saturated heterocycles. The number of methoxy groups -OCH3 is 1. The number of carbonyl (C=O) groups excluding carboxylic acids is 1. The first-order valence-electron chi connectivity index (χ1n) is 8.06. The van der Waals surface area contributed by atoms with Crippen LogP contribution in [0.15, 0.2) is 23.8 Å². The van der Waals surface area contributed by atoms with Gasteiger partial charge in [-0.15, -0.1) is 0 Å². The van der Waals surface area contributed by atoms with Gasteiger partial charge in [0.25, 0.3) is 0 Å². The summed E-state index contributed by atoms with van der Waals surface area (Å²) in [5.41, 5.74) is 0.0816. The number of allylic oxidation sites excluding steroid dienone is 1. The van der Waals surface area contributed by atoms with Crippen LogP contribution in [0.25, 0.3) is 0 Å². The molecule has 126 valence electrons. The average molecular weight is 310 g/mol. The summed E-state index contributed by atoms with van der Waals surface area (Å²) in [4.78, 5) is 11.9. The highest BCUT2D eigenvalue weighted by Crippen LogP contribution is 2.21. The SMILES string of the molecule is COC1C=CC(C)(O)CCC(=O)OC(C)C(C)CCC=C1C. The standard InChI is InChI=1S/C18H30O4/c1-13-7-6-8-14(2)16(21-5)9-11-18(4,20)12-10-17(19)22-15(13)3/h8-9,11,13,15-16,20H,6-7,10,12H2,1-5H3. The maximum Gasteiger partial charge on any atom is 0.306 e. The molecule has 1 N–H and O–H groups in total. The van der Waals surface area contributed by atoms with Crippen LogP contribution in [0.4, 0.5) is 0 Å². The Labute approximate surface area is 134 Å². The van der Waals surface area contributed by atoms with Crippen LogP contribution in [-0.4, -0.2) is 36.0 Å². The van der Waals surface area contributed by atoms with E-state index in [1.54, 1.807) is 20.1 Å². The van der Waals surface area contributed by atoms with Crippen molar-refractivity contribution in [1.82, 2.24) is 0 Å². The highest BCUT2D eigenvalue weighted by atomic mass is 16.5. The maximum absolute atomic E-state index is 11.9. The molecule has 0 saturated carbocycles. The third kappa shape index (κ3) is 6.32. The van der Waals surface area contributed by atoms with Crippen LogP contribution in [0.2, 0.25) is 0 Å². The van der Waals surface area contributed by atoms with Crippen LogP contribution >= 0.6 is 0 Å². The molecular weight excluding hydrogens is 280 g/mol. The van der Waals surface area contributed by atoms with Crippen LogP contribution < -0.4 is 0 Å². The van der Waals surface area contributed by atoms with Gasteiger partial charge in [-0.3, -0.25) is 4.79 Å². The Balaban J connectivity index is 2.93. The molecule has 0 radical (unpaired) electrons. The van der Waals surface area contributed by atoms with Crippen molar-refractivity contribution in [3.05, 3.63) is 23.8 Å². The highest BCUT2D eigenvalue weighted by Gasteiger charge is 2.22. The van der Waals surface area contributed by atoms with Crippen molar-refractivity contribution in [3.8, 4) is 0 Å². The van der Waals surface area contributed by atoms with E-state index in [1.165, 1.54) is 0 Å². The molecule has 22 heavy (non-hydrogen) atoms. The van der Waals surface area contributed by atoms with Crippen molar-refractivity contribution in [1.29, 1.82) is 0 Å². The average Bonchev–Trinajstić information content (AvgIpc) is 2.44. The van der Waals surface area contributed by atoms with Gasteiger partial charge >= 0.3 is 5.97 Å². The topological polar surface area (TPSA) is 55.8 Å². The van der Waals surface area contributed by atoms with Crippen LogP contribution in [0.3, 0.4) is 0 Å². The summed E-state index contributed by atoms with van der Waals surface area (Å²) in [6, 6.07) is 0. The predicted molar refractivity (Wildman–Crippen MR) is 87.5 cm³/mol. The first-order valence-corrected chi connectivity index (χ1v) is 8.06. The van der Waals surface area contributed by atoms with Gasteiger partial charge in [0, 0.05) is 13.5 Å². The van der Waals surface area contributed by atoms with Gasteiger partial charge in [0.15, 0.2) is 0 Å². The molecule has 0 aliphatic carbocycles. The Morgan fingerprint density at radius 2 is 2.09 bits per heavy atom. The zero-order valence-electron chi connectivity index (χ0n) is 14.5. The third-order valence-corrected chi connectivity index (χ3v) is 4.38. The minimum absolute atomic E-state index is 0.108. The Hall–Kier alpha value is -1.13. The largest absolute Gasteiger partial charge is 0.462 e. The molecule has 0 amide bonds. The highest BCUT2D eigenvalue weighted by molar-refractivity contribution is 5.69. The zero-order valence-corrected chi connectivity index (χ0v) is 14.5. The Kier molecular flexibility index (Phi) is 7.30. The molecule has 0 aromatic carbocycles. The molecule has 0 aromatic rings. The summed E-state index contributed by atoms with van der Waals surface area (Å²) in [6.07, 6.45) is 7.89. The van der Waals surface area contributed by atoms with Crippen molar-refractivity contribution < 1.29 is 19.4 Å². The molecule has 4 atom stereocenters. The maximum atomic E-state index is 11.9. The zero-order chi connectivity index (χ0) is 16.8. The molecule has 1 aliphatic heterocycles. The van der Waals surface area contributed by atoms with Crippen molar-refractivity contribution >= 4 is 5.97 Å². The number of rotatable bonds is 1. The van der Waals surface area contributed by atoms with Gasteiger partial charge in [0.2, 0.25) is 0 Å². The lowest BCUT2D eigenvalue weighted by Crippen LogP contribution is -2.27. The fraction of sp³-hybridized carbons (Fsp3) is 0.722. The summed E-state index contributed by atoms with van der Waals surface area (Å²) in [5.74, 6) is 0.0492. The normalized spacial score (nSPS) is 35.5. The second kappa shape index (κ2) is 8.49. The lowest BCUT2D eigenvalue weighted by molar-refractivity contribution is -0.151. The Morgan fingerprint density at radius 3 is 2.73 bits per heavy atom.